The van der Waals surface area contributed by atoms with Crippen LogP contribution in [0.5, 0.6) is 0 Å². The largest absolute Gasteiger partial charge is 0.467 e. The normalized spacial score (nSPS) is 25.6. The SMILES string of the molecule is CCCCC(F)C(CC[C@H]1C(C)CC(O)C1C/C=C\CCCC(=O)OCC)O[Si+](C)C. The lowest BCUT2D eigenvalue weighted by Crippen LogP contribution is -2.31. The zero-order valence-corrected chi connectivity index (χ0v) is 21.4. The smallest absolute Gasteiger partial charge is 0.466 e. The Morgan fingerprint density at radius 2 is 1.94 bits per heavy atom. The van der Waals surface area contributed by atoms with E-state index in [-0.39, 0.29) is 24.1 Å². The average Bonchev–Trinajstić information content (AvgIpc) is 2.98. The van der Waals surface area contributed by atoms with Gasteiger partial charge in [-0.15, -0.1) is 0 Å². The number of hydrogen-bond donors (Lipinski definition) is 1. The molecule has 31 heavy (non-hydrogen) atoms. The quantitative estimate of drug-likeness (QED) is 0.129. The molecule has 1 aliphatic rings. The van der Waals surface area contributed by atoms with Crippen molar-refractivity contribution in [3.8, 4) is 0 Å². The number of halogens is 1. The summed E-state index contributed by atoms with van der Waals surface area (Å²) in [7, 11) is -0.951. The molecule has 0 aliphatic heterocycles. The van der Waals surface area contributed by atoms with Crippen LogP contribution in [0.25, 0.3) is 0 Å². The van der Waals surface area contributed by atoms with E-state index in [9.17, 15) is 14.3 Å². The lowest BCUT2D eigenvalue weighted by Gasteiger charge is -2.26. The summed E-state index contributed by atoms with van der Waals surface area (Å²) in [6, 6.07) is 0. The maximum Gasteiger partial charge on any atom is 0.467 e. The van der Waals surface area contributed by atoms with Crippen LogP contribution in [0.1, 0.15) is 85.0 Å². The van der Waals surface area contributed by atoms with Gasteiger partial charge in [-0.2, -0.15) is 0 Å². The summed E-state index contributed by atoms with van der Waals surface area (Å²) < 4.78 is 25.8. The van der Waals surface area contributed by atoms with Gasteiger partial charge in [0.2, 0.25) is 0 Å². The van der Waals surface area contributed by atoms with Crippen LogP contribution in [0, 0.1) is 17.8 Å². The first-order valence-corrected chi connectivity index (χ1v) is 14.8. The van der Waals surface area contributed by atoms with Crippen molar-refractivity contribution in [2.45, 2.75) is 116 Å². The molecule has 6 heteroatoms. The number of rotatable bonds is 16. The molecule has 180 valence electrons. The molecule has 0 bridgehead atoms. The molecule has 5 unspecified atom stereocenters. The topological polar surface area (TPSA) is 55.8 Å². The second-order valence-corrected chi connectivity index (χ2v) is 11.4. The van der Waals surface area contributed by atoms with Crippen LogP contribution < -0.4 is 0 Å². The summed E-state index contributed by atoms with van der Waals surface area (Å²) in [5.74, 6) is 0.924. The van der Waals surface area contributed by atoms with Crippen LogP contribution in [-0.4, -0.2) is 45.1 Å². The van der Waals surface area contributed by atoms with Gasteiger partial charge in [-0.3, -0.25) is 4.79 Å². The highest BCUT2D eigenvalue weighted by molar-refractivity contribution is 6.48. The second-order valence-electron chi connectivity index (χ2n) is 9.31. The number of aliphatic hydroxyl groups is 1. The molecule has 0 aromatic carbocycles. The Hall–Kier alpha value is -0.723. The monoisotopic (exact) mass is 457 g/mol. The molecule has 1 fully saturated rings. The average molecular weight is 458 g/mol. The number of unbranched alkanes of at least 4 members (excludes halogenated alkanes) is 2. The van der Waals surface area contributed by atoms with Crippen molar-refractivity contribution in [2.75, 3.05) is 6.61 Å². The van der Waals surface area contributed by atoms with Gasteiger partial charge in [0.25, 0.3) is 0 Å². The first-order chi connectivity index (χ1) is 14.8. The number of hydrogen-bond acceptors (Lipinski definition) is 4. The third kappa shape index (κ3) is 11.1. The number of esters is 1. The molecule has 0 saturated heterocycles. The second kappa shape index (κ2) is 16.0. The molecule has 0 aromatic rings. The Kier molecular flexibility index (Phi) is 14.6. The lowest BCUT2D eigenvalue weighted by atomic mass is 9.83. The molecule has 6 atom stereocenters. The van der Waals surface area contributed by atoms with Gasteiger partial charge in [-0.05, 0) is 69.6 Å². The van der Waals surface area contributed by atoms with E-state index in [1.54, 1.807) is 0 Å². The molecule has 0 heterocycles. The Balaban J connectivity index is 2.55. The summed E-state index contributed by atoms with van der Waals surface area (Å²) in [6.45, 7) is 10.7. The molecule has 0 aromatic heterocycles. The van der Waals surface area contributed by atoms with E-state index < -0.39 is 15.2 Å². The number of allylic oxidation sites excluding steroid dienone is 2. The Bertz CT molecular complexity index is 514. The van der Waals surface area contributed by atoms with Gasteiger partial charge >= 0.3 is 15.0 Å². The number of carbonyl (C=O) groups excluding carboxylic acids is 1. The Morgan fingerprint density at radius 3 is 2.58 bits per heavy atom. The number of aliphatic hydroxyl groups excluding tert-OH is 1. The summed E-state index contributed by atoms with van der Waals surface area (Å²) >= 11 is 0. The van der Waals surface area contributed by atoms with Gasteiger partial charge in [0.15, 0.2) is 0 Å². The summed E-state index contributed by atoms with van der Waals surface area (Å²) in [4.78, 5) is 11.4. The molecule has 4 nitrogen and oxygen atoms in total. The third-order valence-corrected chi connectivity index (χ3v) is 7.20. The summed E-state index contributed by atoms with van der Waals surface area (Å²) in [6.07, 6.45) is 10.7. The first kappa shape index (κ1) is 28.3. The standard InChI is InChI=1S/C25H46FO4Si/c1-6-8-14-22(26)24(30-31(4)5)17-16-20-19(3)18-23(27)21(20)13-11-9-10-12-15-25(28)29-7-2/h9,11,19-24,27H,6-8,10,12-18H2,1-5H3/q+1/b11-9-/t19?,20-,21?,22?,23?,24?/m0/s1. The van der Waals surface area contributed by atoms with Crippen LogP contribution in [0.15, 0.2) is 12.2 Å². The number of alkyl halides is 1. The highest BCUT2D eigenvalue weighted by atomic mass is 28.3. The number of carbonyl (C=O) groups is 1. The van der Waals surface area contributed by atoms with Crippen molar-refractivity contribution in [3.63, 3.8) is 0 Å². The predicted octanol–water partition coefficient (Wildman–Crippen LogP) is 6.24. The van der Waals surface area contributed by atoms with Crippen LogP contribution in [0.2, 0.25) is 13.1 Å². The minimum atomic E-state index is -0.951. The summed E-state index contributed by atoms with van der Waals surface area (Å²) in [5.41, 5.74) is 0. The van der Waals surface area contributed by atoms with Gasteiger partial charge < -0.3 is 9.84 Å². The van der Waals surface area contributed by atoms with E-state index in [4.69, 9.17) is 9.16 Å². The minimum absolute atomic E-state index is 0.137. The molecular formula is C25H46FO4Si+. The molecular weight excluding hydrogens is 411 g/mol. The highest BCUT2D eigenvalue weighted by Gasteiger charge is 2.40. The maximum absolute atomic E-state index is 14.8. The summed E-state index contributed by atoms with van der Waals surface area (Å²) in [5, 5.41) is 10.6. The van der Waals surface area contributed by atoms with Crippen LogP contribution in [0.4, 0.5) is 4.39 Å². The fraction of sp³-hybridized carbons (Fsp3) is 0.880. The van der Waals surface area contributed by atoms with E-state index in [2.05, 4.69) is 39.1 Å². The highest BCUT2D eigenvalue weighted by Crippen LogP contribution is 2.42. The fourth-order valence-electron chi connectivity index (χ4n) is 4.80. The molecule has 0 spiro atoms. The van der Waals surface area contributed by atoms with Gasteiger partial charge in [0.05, 0.1) is 25.8 Å². The zero-order chi connectivity index (χ0) is 23.2. The van der Waals surface area contributed by atoms with Gasteiger partial charge in [0, 0.05) is 6.42 Å². The molecule has 0 amide bonds. The number of ether oxygens (including phenoxy) is 1. The maximum atomic E-state index is 14.8. The van der Waals surface area contributed by atoms with Gasteiger partial charge in [-0.25, -0.2) is 8.82 Å². The lowest BCUT2D eigenvalue weighted by molar-refractivity contribution is -0.143. The van der Waals surface area contributed by atoms with Crippen LogP contribution in [-0.2, 0) is 14.0 Å². The Morgan fingerprint density at radius 1 is 1.19 bits per heavy atom. The van der Waals surface area contributed by atoms with Crippen molar-refractivity contribution in [1.82, 2.24) is 0 Å². The minimum Gasteiger partial charge on any atom is -0.466 e. The van der Waals surface area contributed by atoms with E-state index >= 15 is 0 Å². The van der Waals surface area contributed by atoms with E-state index in [0.29, 0.717) is 31.3 Å². The van der Waals surface area contributed by atoms with E-state index in [1.807, 2.05) is 6.92 Å². The molecule has 1 N–H and O–H groups in total. The predicted molar refractivity (Wildman–Crippen MR) is 127 cm³/mol. The molecule has 1 rings (SSSR count). The fourth-order valence-corrected chi connectivity index (χ4v) is 5.67. The molecule has 1 aliphatic carbocycles. The van der Waals surface area contributed by atoms with Crippen LogP contribution in [0.3, 0.4) is 0 Å². The van der Waals surface area contributed by atoms with Crippen molar-refractivity contribution in [1.29, 1.82) is 0 Å². The first-order valence-electron chi connectivity index (χ1n) is 12.4. The van der Waals surface area contributed by atoms with Crippen molar-refractivity contribution in [3.05, 3.63) is 12.2 Å². The van der Waals surface area contributed by atoms with Crippen LogP contribution >= 0.6 is 0 Å². The van der Waals surface area contributed by atoms with Gasteiger partial charge in [0.1, 0.15) is 12.3 Å². The van der Waals surface area contributed by atoms with Crippen molar-refractivity contribution in [2.24, 2.45) is 17.8 Å². The Labute approximate surface area is 191 Å². The van der Waals surface area contributed by atoms with E-state index in [0.717, 1.165) is 51.4 Å². The third-order valence-electron chi connectivity index (χ3n) is 6.43. The zero-order valence-electron chi connectivity index (χ0n) is 20.4. The van der Waals surface area contributed by atoms with Crippen molar-refractivity contribution >= 4 is 15.0 Å². The molecule has 1 saturated carbocycles. The van der Waals surface area contributed by atoms with E-state index in [1.165, 1.54) is 0 Å². The van der Waals surface area contributed by atoms with Gasteiger partial charge in [-0.1, -0.05) is 38.8 Å². The molecule has 0 radical (unpaired) electrons. The van der Waals surface area contributed by atoms with Crippen molar-refractivity contribution < 1.29 is 23.5 Å².